The van der Waals surface area contributed by atoms with Crippen molar-refractivity contribution in [1.29, 1.82) is 0 Å². The predicted molar refractivity (Wildman–Crippen MR) is 103 cm³/mol. The average Bonchev–Trinajstić information content (AvgIpc) is 2.57. The maximum absolute atomic E-state index is 6.34. The van der Waals surface area contributed by atoms with Gasteiger partial charge in [0.05, 0.1) is 16.9 Å². The van der Waals surface area contributed by atoms with Crippen LogP contribution in [0.3, 0.4) is 0 Å². The third-order valence-corrected chi connectivity index (χ3v) is 4.07. The molecule has 0 amide bonds. The van der Waals surface area contributed by atoms with Crippen LogP contribution in [0.1, 0.15) is 22.3 Å². The topological polar surface area (TPSA) is 62.7 Å². The standard InChI is InChI=1S/C19H20ClN5/c1-12-5-4-6-15(8-12)10-21-19-24-17(11-22-25-19)23-18-14(3)7-13(2)9-16(18)20/h4-9,11H,10H2,1-3H3,(H2,21,23,24,25). The van der Waals surface area contributed by atoms with E-state index in [1.807, 2.05) is 26.0 Å². The Morgan fingerprint density at radius 1 is 1.04 bits per heavy atom. The van der Waals surface area contributed by atoms with E-state index in [1.165, 1.54) is 11.1 Å². The van der Waals surface area contributed by atoms with Gasteiger partial charge in [0.25, 0.3) is 0 Å². The van der Waals surface area contributed by atoms with E-state index >= 15 is 0 Å². The maximum Gasteiger partial charge on any atom is 0.244 e. The third-order valence-electron chi connectivity index (χ3n) is 3.78. The second-order valence-electron chi connectivity index (χ2n) is 6.07. The molecule has 0 aliphatic rings. The van der Waals surface area contributed by atoms with Crippen LogP contribution in [-0.4, -0.2) is 15.2 Å². The molecular formula is C19H20ClN5. The van der Waals surface area contributed by atoms with Crippen molar-refractivity contribution in [2.45, 2.75) is 27.3 Å². The van der Waals surface area contributed by atoms with Gasteiger partial charge in [-0.05, 0) is 43.5 Å². The predicted octanol–water partition coefficient (Wildman–Crippen LogP) is 4.81. The zero-order valence-electron chi connectivity index (χ0n) is 14.5. The van der Waals surface area contributed by atoms with Gasteiger partial charge in [0.1, 0.15) is 0 Å². The van der Waals surface area contributed by atoms with Gasteiger partial charge in [0, 0.05) is 6.54 Å². The van der Waals surface area contributed by atoms with Crippen LogP contribution in [0, 0.1) is 20.8 Å². The molecule has 0 saturated heterocycles. The Morgan fingerprint density at radius 3 is 2.64 bits per heavy atom. The molecule has 128 valence electrons. The van der Waals surface area contributed by atoms with E-state index in [9.17, 15) is 0 Å². The van der Waals surface area contributed by atoms with E-state index < -0.39 is 0 Å². The SMILES string of the molecule is Cc1cccc(CNc2nncc(Nc3c(C)cc(C)cc3Cl)n2)c1. The van der Waals surface area contributed by atoms with E-state index in [0.717, 1.165) is 16.8 Å². The highest BCUT2D eigenvalue weighted by molar-refractivity contribution is 6.33. The Balaban J connectivity index is 1.74. The van der Waals surface area contributed by atoms with Crippen molar-refractivity contribution in [3.05, 3.63) is 69.9 Å². The minimum atomic E-state index is 0.465. The lowest BCUT2D eigenvalue weighted by Crippen LogP contribution is -2.07. The summed E-state index contributed by atoms with van der Waals surface area (Å²) in [6.07, 6.45) is 1.58. The van der Waals surface area contributed by atoms with Crippen LogP contribution in [0.5, 0.6) is 0 Å². The minimum absolute atomic E-state index is 0.465. The summed E-state index contributed by atoms with van der Waals surface area (Å²) in [5, 5.41) is 15.1. The molecule has 3 aromatic rings. The first-order chi connectivity index (χ1) is 12.0. The van der Waals surface area contributed by atoms with Gasteiger partial charge in [0.15, 0.2) is 5.82 Å². The van der Waals surface area contributed by atoms with E-state index in [1.54, 1.807) is 6.20 Å². The van der Waals surface area contributed by atoms with Gasteiger partial charge in [-0.2, -0.15) is 10.1 Å². The number of nitrogens with one attached hydrogen (secondary N) is 2. The van der Waals surface area contributed by atoms with Crippen molar-refractivity contribution in [2.75, 3.05) is 10.6 Å². The lowest BCUT2D eigenvalue weighted by Gasteiger charge is -2.12. The summed E-state index contributed by atoms with van der Waals surface area (Å²) < 4.78 is 0. The second-order valence-corrected chi connectivity index (χ2v) is 6.48. The summed E-state index contributed by atoms with van der Waals surface area (Å²) in [6, 6.07) is 12.3. The fraction of sp³-hybridized carbons (Fsp3) is 0.211. The monoisotopic (exact) mass is 353 g/mol. The smallest absolute Gasteiger partial charge is 0.244 e. The van der Waals surface area contributed by atoms with E-state index in [0.29, 0.717) is 23.3 Å². The molecule has 0 unspecified atom stereocenters. The molecule has 0 aliphatic carbocycles. The zero-order valence-corrected chi connectivity index (χ0v) is 15.2. The van der Waals surface area contributed by atoms with Crippen LogP contribution < -0.4 is 10.6 Å². The first kappa shape index (κ1) is 17.2. The number of aromatic nitrogens is 3. The fourth-order valence-electron chi connectivity index (χ4n) is 2.64. The molecule has 0 atom stereocenters. The van der Waals surface area contributed by atoms with Crippen molar-refractivity contribution in [2.24, 2.45) is 0 Å². The molecule has 2 aromatic carbocycles. The van der Waals surface area contributed by atoms with Gasteiger partial charge < -0.3 is 10.6 Å². The number of benzene rings is 2. The number of rotatable bonds is 5. The highest BCUT2D eigenvalue weighted by Crippen LogP contribution is 2.29. The molecule has 2 N–H and O–H groups in total. The molecule has 5 nitrogen and oxygen atoms in total. The van der Waals surface area contributed by atoms with Crippen LogP contribution in [0.15, 0.2) is 42.6 Å². The Morgan fingerprint density at radius 2 is 1.88 bits per heavy atom. The number of hydrogen-bond acceptors (Lipinski definition) is 5. The largest absolute Gasteiger partial charge is 0.349 e. The third kappa shape index (κ3) is 4.45. The molecule has 3 rings (SSSR count). The average molecular weight is 354 g/mol. The number of anilines is 3. The van der Waals surface area contributed by atoms with Crippen molar-refractivity contribution < 1.29 is 0 Å². The molecule has 1 aromatic heterocycles. The van der Waals surface area contributed by atoms with Crippen molar-refractivity contribution in [3.8, 4) is 0 Å². The molecule has 25 heavy (non-hydrogen) atoms. The summed E-state index contributed by atoms with van der Waals surface area (Å²) in [6.45, 7) is 6.73. The summed E-state index contributed by atoms with van der Waals surface area (Å²) in [4.78, 5) is 4.46. The molecule has 0 fully saturated rings. The van der Waals surface area contributed by atoms with Crippen LogP contribution in [0.4, 0.5) is 17.5 Å². The van der Waals surface area contributed by atoms with Gasteiger partial charge >= 0.3 is 0 Å². The lowest BCUT2D eigenvalue weighted by atomic mass is 10.1. The number of hydrogen-bond donors (Lipinski definition) is 2. The van der Waals surface area contributed by atoms with Gasteiger partial charge in [0.2, 0.25) is 5.95 Å². The van der Waals surface area contributed by atoms with Gasteiger partial charge in [-0.3, -0.25) is 0 Å². The van der Waals surface area contributed by atoms with Crippen molar-refractivity contribution in [3.63, 3.8) is 0 Å². The number of halogens is 1. The summed E-state index contributed by atoms with van der Waals surface area (Å²) in [5.41, 5.74) is 5.39. The van der Waals surface area contributed by atoms with Gasteiger partial charge in [-0.25, -0.2) is 0 Å². The van der Waals surface area contributed by atoms with Crippen LogP contribution in [0.25, 0.3) is 0 Å². The molecule has 0 saturated carbocycles. The fourth-order valence-corrected chi connectivity index (χ4v) is 3.01. The first-order valence-corrected chi connectivity index (χ1v) is 8.42. The normalized spacial score (nSPS) is 10.6. The molecule has 0 radical (unpaired) electrons. The maximum atomic E-state index is 6.34. The molecule has 0 aliphatic heterocycles. The van der Waals surface area contributed by atoms with Gasteiger partial charge in [-0.15, -0.1) is 5.10 Å². The summed E-state index contributed by atoms with van der Waals surface area (Å²) >= 11 is 6.34. The Labute approximate surface area is 152 Å². The molecular weight excluding hydrogens is 334 g/mol. The highest BCUT2D eigenvalue weighted by Gasteiger charge is 2.08. The van der Waals surface area contributed by atoms with Crippen LogP contribution in [-0.2, 0) is 6.54 Å². The van der Waals surface area contributed by atoms with Crippen molar-refractivity contribution >= 4 is 29.1 Å². The summed E-state index contributed by atoms with van der Waals surface area (Å²) in [5.74, 6) is 1.06. The quantitative estimate of drug-likeness (QED) is 0.689. The van der Waals surface area contributed by atoms with E-state index in [-0.39, 0.29) is 0 Å². The number of nitrogens with zero attached hydrogens (tertiary/aromatic N) is 3. The second kappa shape index (κ2) is 7.49. The van der Waals surface area contributed by atoms with Crippen molar-refractivity contribution in [1.82, 2.24) is 15.2 Å². The highest BCUT2D eigenvalue weighted by atomic mass is 35.5. The Hall–Kier alpha value is -2.66. The van der Waals surface area contributed by atoms with Crippen LogP contribution in [0.2, 0.25) is 5.02 Å². The lowest BCUT2D eigenvalue weighted by molar-refractivity contribution is 0.948. The Bertz CT molecular complexity index is 871. The Kier molecular flexibility index (Phi) is 5.14. The van der Waals surface area contributed by atoms with E-state index in [2.05, 4.69) is 57.0 Å². The summed E-state index contributed by atoms with van der Waals surface area (Å²) in [7, 11) is 0. The van der Waals surface area contributed by atoms with Gasteiger partial charge in [-0.1, -0.05) is 47.5 Å². The molecule has 1 heterocycles. The molecule has 0 bridgehead atoms. The molecule has 0 spiro atoms. The zero-order chi connectivity index (χ0) is 17.8. The first-order valence-electron chi connectivity index (χ1n) is 8.04. The van der Waals surface area contributed by atoms with E-state index in [4.69, 9.17) is 11.6 Å². The number of aryl methyl sites for hydroxylation is 3. The minimum Gasteiger partial charge on any atom is -0.349 e. The van der Waals surface area contributed by atoms with Crippen LogP contribution >= 0.6 is 11.6 Å². The molecule has 6 heteroatoms.